The Morgan fingerprint density at radius 2 is 2.05 bits per heavy atom. The molecule has 0 aliphatic heterocycles. The second-order valence-electron chi connectivity index (χ2n) is 4.22. The van der Waals surface area contributed by atoms with Crippen molar-refractivity contribution in [1.82, 2.24) is 4.90 Å². The van der Waals surface area contributed by atoms with Gasteiger partial charge in [0.15, 0.2) is 0 Å². The lowest BCUT2D eigenvalue weighted by molar-refractivity contribution is 0.0490. The molecule has 0 spiro atoms. The number of carbonyl (C=O) groups is 1. The lowest BCUT2D eigenvalue weighted by Crippen LogP contribution is -2.25. The van der Waals surface area contributed by atoms with Crippen LogP contribution < -0.4 is 0 Å². The molecule has 0 radical (unpaired) electrons. The Morgan fingerprint density at radius 1 is 1.35 bits per heavy atom. The van der Waals surface area contributed by atoms with E-state index in [0.717, 1.165) is 26.1 Å². The Morgan fingerprint density at radius 3 is 2.70 bits per heavy atom. The van der Waals surface area contributed by atoms with E-state index in [4.69, 9.17) is 10.3 Å². The normalized spacial score (nSPS) is 10.2. The molecule has 0 atom stereocenters. The van der Waals surface area contributed by atoms with Gasteiger partial charge in [-0.3, -0.25) is 0 Å². The zero-order valence-electron chi connectivity index (χ0n) is 12.0. The molecule has 6 nitrogen and oxygen atoms in total. The number of hydrogen-bond donors (Lipinski definition) is 0. The van der Waals surface area contributed by atoms with Crippen LogP contribution in [0.5, 0.6) is 0 Å². The van der Waals surface area contributed by atoms with Crippen LogP contribution in [0.15, 0.2) is 29.4 Å². The maximum Gasteiger partial charge on any atom is 0.338 e. The number of ether oxygens (including phenoxy) is 1. The highest BCUT2D eigenvalue weighted by Crippen LogP contribution is 2.19. The lowest BCUT2D eigenvalue weighted by atomic mass is 10.2. The van der Waals surface area contributed by atoms with Gasteiger partial charge in [0, 0.05) is 11.5 Å². The molecule has 0 saturated heterocycles. The fourth-order valence-electron chi connectivity index (χ4n) is 1.85. The summed E-state index contributed by atoms with van der Waals surface area (Å²) < 4.78 is 5.21. The maximum atomic E-state index is 11.9. The fraction of sp³-hybridized carbons (Fsp3) is 0.500. The third kappa shape index (κ3) is 4.91. The number of benzene rings is 1. The number of esters is 1. The Hall–Kier alpha value is -2.04. The van der Waals surface area contributed by atoms with E-state index in [9.17, 15) is 4.79 Å². The van der Waals surface area contributed by atoms with Crippen LogP contribution in [0.4, 0.5) is 5.69 Å². The first-order valence-corrected chi connectivity index (χ1v) is 6.76. The SMILES string of the molecule is CCN(CC)CCCOC(=O)c1ccccc1N=[N+]=[N-]. The van der Waals surface area contributed by atoms with E-state index in [-0.39, 0.29) is 0 Å². The molecular weight excluding hydrogens is 256 g/mol. The fourth-order valence-corrected chi connectivity index (χ4v) is 1.85. The van der Waals surface area contributed by atoms with Gasteiger partial charge in [0.25, 0.3) is 0 Å². The largest absolute Gasteiger partial charge is 0.462 e. The first kappa shape index (κ1) is 16.0. The molecule has 0 aliphatic carbocycles. The molecule has 0 aromatic heterocycles. The molecule has 6 heteroatoms. The van der Waals surface area contributed by atoms with Crippen molar-refractivity contribution in [3.05, 3.63) is 40.3 Å². The summed E-state index contributed by atoms with van der Waals surface area (Å²) in [4.78, 5) is 16.9. The van der Waals surface area contributed by atoms with Crippen LogP contribution in [0.3, 0.4) is 0 Å². The molecule has 0 fully saturated rings. The Labute approximate surface area is 119 Å². The summed E-state index contributed by atoms with van der Waals surface area (Å²) >= 11 is 0. The first-order valence-electron chi connectivity index (χ1n) is 6.76. The summed E-state index contributed by atoms with van der Waals surface area (Å²) in [7, 11) is 0. The third-order valence-corrected chi connectivity index (χ3v) is 3.02. The second kappa shape index (κ2) is 8.96. The van der Waals surface area contributed by atoms with E-state index in [1.165, 1.54) is 0 Å². The van der Waals surface area contributed by atoms with Crippen LogP contribution >= 0.6 is 0 Å². The van der Waals surface area contributed by atoms with Gasteiger partial charge in [-0.15, -0.1) is 0 Å². The van der Waals surface area contributed by atoms with Gasteiger partial charge in [0.05, 0.1) is 17.9 Å². The van der Waals surface area contributed by atoms with Crippen molar-refractivity contribution in [2.24, 2.45) is 5.11 Å². The molecule has 0 unspecified atom stereocenters. The highest BCUT2D eigenvalue weighted by atomic mass is 16.5. The molecule has 1 rings (SSSR count). The van der Waals surface area contributed by atoms with Crippen LogP contribution in [-0.4, -0.2) is 37.1 Å². The molecular formula is C14H20N4O2. The summed E-state index contributed by atoms with van der Waals surface area (Å²) in [6.07, 6.45) is 0.789. The summed E-state index contributed by atoms with van der Waals surface area (Å²) in [5.41, 5.74) is 9.05. The number of rotatable bonds is 8. The second-order valence-corrected chi connectivity index (χ2v) is 4.22. The van der Waals surface area contributed by atoms with Crippen molar-refractivity contribution < 1.29 is 9.53 Å². The van der Waals surface area contributed by atoms with Crippen molar-refractivity contribution in [2.45, 2.75) is 20.3 Å². The minimum atomic E-state index is -0.451. The molecule has 0 saturated carbocycles. The van der Waals surface area contributed by atoms with Gasteiger partial charge in [-0.2, -0.15) is 0 Å². The maximum absolute atomic E-state index is 11.9. The molecule has 0 N–H and O–H groups in total. The average Bonchev–Trinajstić information content (AvgIpc) is 2.48. The number of carbonyl (C=O) groups excluding carboxylic acids is 1. The molecule has 0 aliphatic rings. The monoisotopic (exact) mass is 276 g/mol. The van der Waals surface area contributed by atoms with Gasteiger partial charge in [-0.05, 0) is 31.1 Å². The molecule has 0 amide bonds. The van der Waals surface area contributed by atoms with Crippen molar-refractivity contribution >= 4 is 11.7 Å². The van der Waals surface area contributed by atoms with Crippen LogP contribution in [0.2, 0.25) is 0 Å². The van der Waals surface area contributed by atoms with Gasteiger partial charge < -0.3 is 9.64 Å². The topological polar surface area (TPSA) is 78.3 Å². The van der Waals surface area contributed by atoms with Gasteiger partial charge in [-0.1, -0.05) is 37.2 Å². The quantitative estimate of drug-likeness (QED) is 0.239. The molecule has 108 valence electrons. The predicted molar refractivity (Wildman–Crippen MR) is 77.9 cm³/mol. The molecule has 1 aromatic carbocycles. The molecule has 0 heterocycles. The van der Waals surface area contributed by atoms with E-state index < -0.39 is 5.97 Å². The van der Waals surface area contributed by atoms with Crippen molar-refractivity contribution in [3.8, 4) is 0 Å². The van der Waals surface area contributed by atoms with Crippen LogP contribution in [0.1, 0.15) is 30.6 Å². The summed E-state index contributed by atoms with van der Waals surface area (Å²) in [5, 5.41) is 3.48. The smallest absolute Gasteiger partial charge is 0.338 e. The third-order valence-electron chi connectivity index (χ3n) is 3.02. The van der Waals surface area contributed by atoms with E-state index >= 15 is 0 Å². The van der Waals surface area contributed by atoms with Gasteiger partial charge >= 0.3 is 5.97 Å². The van der Waals surface area contributed by atoms with Crippen LogP contribution in [-0.2, 0) is 4.74 Å². The average molecular weight is 276 g/mol. The summed E-state index contributed by atoms with van der Waals surface area (Å²) in [5.74, 6) is -0.451. The van der Waals surface area contributed by atoms with Crippen LogP contribution in [0, 0.1) is 0 Å². The molecule has 0 bridgehead atoms. The number of hydrogen-bond acceptors (Lipinski definition) is 4. The number of nitrogens with zero attached hydrogens (tertiary/aromatic N) is 4. The van der Waals surface area contributed by atoms with Gasteiger partial charge in [0.2, 0.25) is 0 Å². The zero-order valence-corrected chi connectivity index (χ0v) is 12.0. The molecule has 20 heavy (non-hydrogen) atoms. The van der Waals surface area contributed by atoms with Crippen molar-refractivity contribution in [2.75, 3.05) is 26.2 Å². The van der Waals surface area contributed by atoms with E-state index in [1.807, 2.05) is 0 Å². The van der Waals surface area contributed by atoms with E-state index in [2.05, 4.69) is 28.8 Å². The predicted octanol–water partition coefficient (Wildman–Crippen LogP) is 3.52. The lowest BCUT2D eigenvalue weighted by Gasteiger charge is -2.17. The van der Waals surface area contributed by atoms with E-state index in [1.54, 1.807) is 24.3 Å². The van der Waals surface area contributed by atoms with E-state index in [0.29, 0.717) is 17.9 Å². The summed E-state index contributed by atoms with van der Waals surface area (Å²) in [6.45, 7) is 7.45. The minimum absolute atomic E-state index is 0.295. The Balaban J connectivity index is 2.49. The minimum Gasteiger partial charge on any atom is -0.462 e. The Bertz CT molecular complexity index is 480. The summed E-state index contributed by atoms with van der Waals surface area (Å²) in [6, 6.07) is 6.60. The number of azide groups is 1. The van der Waals surface area contributed by atoms with Gasteiger partial charge in [-0.25, -0.2) is 4.79 Å². The van der Waals surface area contributed by atoms with Crippen LogP contribution in [0.25, 0.3) is 10.4 Å². The zero-order chi connectivity index (χ0) is 14.8. The first-order chi connectivity index (χ1) is 9.72. The van der Waals surface area contributed by atoms with Crippen molar-refractivity contribution in [3.63, 3.8) is 0 Å². The van der Waals surface area contributed by atoms with Crippen molar-refractivity contribution in [1.29, 1.82) is 0 Å². The highest BCUT2D eigenvalue weighted by Gasteiger charge is 2.11. The standard InChI is InChI=1S/C14H20N4O2/c1-3-18(4-2)10-7-11-20-14(19)12-8-5-6-9-13(12)16-17-15/h5-6,8-9H,3-4,7,10-11H2,1-2H3. The molecule has 1 aromatic rings. The van der Waals surface area contributed by atoms with Gasteiger partial charge in [0.1, 0.15) is 0 Å². The Kier molecular flexibility index (Phi) is 7.17. The highest BCUT2D eigenvalue weighted by molar-refractivity contribution is 5.94.